The van der Waals surface area contributed by atoms with Crippen LogP contribution in [0.1, 0.15) is 34.8 Å². The molecule has 0 saturated heterocycles. The largest absolute Gasteiger partial charge is 0.510 e. The Bertz CT molecular complexity index is 1630. The molecule has 232 valence electrons. The number of phenolic OH excluding ortho intramolecular Hbond substituents is 1. The van der Waals surface area contributed by atoms with Gasteiger partial charge in [-0.25, -0.2) is 0 Å². The van der Waals surface area contributed by atoms with E-state index in [1.54, 1.807) is 27.1 Å². The lowest BCUT2D eigenvalue weighted by molar-refractivity contribution is -0.148. The molecular formula is C32H35N3O9. The van der Waals surface area contributed by atoms with Gasteiger partial charge >= 0.3 is 5.97 Å². The van der Waals surface area contributed by atoms with Crippen LogP contribution in [0.3, 0.4) is 0 Å². The van der Waals surface area contributed by atoms with E-state index in [2.05, 4.69) is 5.32 Å². The molecule has 0 spiro atoms. The predicted molar refractivity (Wildman–Crippen MR) is 157 cm³/mol. The number of aromatic hydroxyl groups is 1. The molecule has 2 aromatic rings. The summed E-state index contributed by atoms with van der Waals surface area (Å²) in [6, 6.07) is 9.47. The number of phenols is 1. The third kappa shape index (κ3) is 4.84. The number of nitrogens with zero attached hydrogens (tertiary/aromatic N) is 1. The van der Waals surface area contributed by atoms with Crippen LogP contribution >= 0.6 is 0 Å². The number of nitrogens with one attached hydrogen (secondary N) is 1. The quantitative estimate of drug-likeness (QED) is 0.188. The fraction of sp³-hybridized carbons (Fsp3) is 0.375. The molecule has 0 aliphatic heterocycles. The Morgan fingerprint density at radius 2 is 1.77 bits per heavy atom. The first-order valence-electron chi connectivity index (χ1n) is 14.3. The van der Waals surface area contributed by atoms with Crippen LogP contribution in [0.5, 0.6) is 5.75 Å². The number of likely N-dealkylation sites (N-methyl/N-ethyl adjacent to an activating group) is 1. The maximum atomic E-state index is 13.9. The lowest BCUT2D eigenvalue weighted by Crippen LogP contribution is -2.63. The van der Waals surface area contributed by atoms with Crippen LogP contribution < -0.4 is 11.1 Å². The summed E-state index contributed by atoms with van der Waals surface area (Å²) in [6.07, 6.45) is 0.188. The number of Topliss-reactive ketones (excluding diaryl/α,β-unsaturated/α-hetero) is 2. The number of amides is 1. The first-order valence-corrected chi connectivity index (χ1v) is 14.3. The fourth-order valence-electron chi connectivity index (χ4n) is 6.84. The molecule has 2 aromatic carbocycles. The smallest absolute Gasteiger partial charge is 0.319 e. The highest BCUT2D eigenvalue weighted by atomic mass is 16.5. The summed E-state index contributed by atoms with van der Waals surface area (Å²) >= 11 is 0. The van der Waals surface area contributed by atoms with E-state index in [0.29, 0.717) is 24.3 Å². The summed E-state index contributed by atoms with van der Waals surface area (Å²) in [7, 11) is 3.17. The van der Waals surface area contributed by atoms with Crippen molar-refractivity contribution in [1.29, 1.82) is 0 Å². The van der Waals surface area contributed by atoms with Gasteiger partial charge in [0.1, 0.15) is 22.8 Å². The molecule has 12 heteroatoms. The van der Waals surface area contributed by atoms with E-state index in [9.17, 15) is 39.6 Å². The van der Waals surface area contributed by atoms with Gasteiger partial charge < -0.3 is 36.2 Å². The number of rotatable bonds is 8. The lowest BCUT2D eigenvalue weighted by Gasteiger charge is -2.50. The predicted octanol–water partition coefficient (Wildman–Crippen LogP) is 1.44. The van der Waals surface area contributed by atoms with Crippen LogP contribution in [-0.2, 0) is 32.1 Å². The molecule has 0 saturated carbocycles. The number of aliphatic hydroxyl groups excluding tert-OH is 2. The van der Waals surface area contributed by atoms with E-state index in [4.69, 9.17) is 10.5 Å². The second-order valence-corrected chi connectivity index (χ2v) is 11.6. The highest BCUT2D eigenvalue weighted by Crippen LogP contribution is 2.53. The maximum absolute atomic E-state index is 13.9. The second-order valence-electron chi connectivity index (χ2n) is 11.6. The Morgan fingerprint density at radius 3 is 2.39 bits per heavy atom. The van der Waals surface area contributed by atoms with Crippen LogP contribution in [-0.4, -0.2) is 87.7 Å². The average molecular weight is 606 g/mol. The summed E-state index contributed by atoms with van der Waals surface area (Å²) in [6.45, 7) is 2.54. The molecule has 0 fully saturated rings. The van der Waals surface area contributed by atoms with Crippen LogP contribution in [0.2, 0.25) is 0 Å². The molecule has 0 radical (unpaired) electrons. The zero-order valence-corrected chi connectivity index (χ0v) is 24.6. The molecular weight excluding hydrogens is 570 g/mol. The number of ketones is 2. The van der Waals surface area contributed by atoms with Crippen LogP contribution in [0.4, 0.5) is 0 Å². The fourth-order valence-corrected chi connectivity index (χ4v) is 6.84. The number of aliphatic hydroxyl groups is 3. The number of hydrogen-bond donors (Lipinski definition) is 6. The summed E-state index contributed by atoms with van der Waals surface area (Å²) in [5.74, 6) is -7.25. The maximum Gasteiger partial charge on any atom is 0.319 e. The number of carbonyl (C=O) groups excluding carboxylic acids is 4. The molecule has 3 aliphatic rings. The number of primary amides is 1. The van der Waals surface area contributed by atoms with Crippen LogP contribution in [0.25, 0.3) is 11.1 Å². The Hall–Kier alpha value is -4.52. The van der Waals surface area contributed by atoms with E-state index in [0.717, 1.165) is 11.1 Å². The van der Waals surface area contributed by atoms with Gasteiger partial charge in [-0.15, -0.1) is 0 Å². The standard InChI is InChI=1S/C32H35N3O9/c1-4-44-22(37)14-34-13-15-5-7-16(8-6-15)18-9-10-21(36)24-19(18)11-17-12-20-26(35(2)3)28(39)25(31(33)42)30(41)32(20,43)29(40)23(17)27(24)38/h5-10,17,20,26,34,36,39-40,43H,4,11-14H2,1-3H3,(H2,33,42)/t17-,20-,26-,32-/m0/s1. The average Bonchev–Trinajstić information content (AvgIpc) is 2.95. The van der Waals surface area contributed by atoms with Crippen LogP contribution in [0, 0.1) is 11.8 Å². The minimum atomic E-state index is -2.69. The molecule has 5 rings (SSSR count). The molecule has 0 bridgehead atoms. The van der Waals surface area contributed by atoms with Crippen molar-refractivity contribution in [3.63, 3.8) is 0 Å². The Morgan fingerprint density at radius 1 is 1.09 bits per heavy atom. The van der Waals surface area contributed by atoms with Gasteiger partial charge in [0, 0.05) is 18.0 Å². The first kappa shape index (κ1) is 30.9. The summed E-state index contributed by atoms with van der Waals surface area (Å²) in [5, 5.41) is 47.9. The van der Waals surface area contributed by atoms with Crippen molar-refractivity contribution in [2.24, 2.45) is 17.6 Å². The molecule has 1 amide bonds. The minimum absolute atomic E-state index is 0.00588. The van der Waals surface area contributed by atoms with E-state index < -0.39 is 58.0 Å². The number of esters is 1. The Balaban J connectivity index is 1.53. The second kappa shape index (κ2) is 11.5. The molecule has 44 heavy (non-hydrogen) atoms. The Labute approximate surface area is 253 Å². The number of benzene rings is 2. The van der Waals surface area contributed by atoms with Gasteiger partial charge in [0.2, 0.25) is 5.78 Å². The van der Waals surface area contributed by atoms with Gasteiger partial charge in [-0.05, 0) is 68.1 Å². The van der Waals surface area contributed by atoms with Crippen molar-refractivity contribution in [2.75, 3.05) is 27.2 Å². The molecule has 0 aromatic heterocycles. The zero-order valence-electron chi connectivity index (χ0n) is 24.6. The third-order valence-corrected chi connectivity index (χ3v) is 8.77. The van der Waals surface area contributed by atoms with Crippen molar-refractivity contribution >= 4 is 23.4 Å². The molecule has 3 aliphatic carbocycles. The van der Waals surface area contributed by atoms with Gasteiger partial charge in [-0.3, -0.25) is 24.1 Å². The number of ether oxygens (including phenoxy) is 1. The van der Waals surface area contributed by atoms with Gasteiger partial charge in [0.05, 0.1) is 24.8 Å². The third-order valence-electron chi connectivity index (χ3n) is 8.77. The number of hydrogen-bond acceptors (Lipinski definition) is 11. The Kier molecular flexibility index (Phi) is 8.10. The monoisotopic (exact) mass is 605 g/mol. The summed E-state index contributed by atoms with van der Waals surface area (Å²) in [5.41, 5.74) is 4.48. The topological polar surface area (TPSA) is 200 Å². The SMILES string of the molecule is CCOC(=O)CNCc1ccc(-c2ccc(O)c3c2C[C@H]2C[C@H]4[C@H](N(C)C)C(O)=C(C(N)=O)C(=O)[C@@]4(O)C(O)=C2C3=O)cc1. The van der Waals surface area contributed by atoms with Gasteiger partial charge in [0.15, 0.2) is 11.4 Å². The number of carbonyl (C=O) groups is 4. The first-order chi connectivity index (χ1) is 20.8. The van der Waals surface area contributed by atoms with E-state index in [1.807, 2.05) is 24.3 Å². The van der Waals surface area contributed by atoms with E-state index >= 15 is 0 Å². The lowest BCUT2D eigenvalue weighted by atomic mass is 9.58. The number of nitrogens with two attached hydrogens (primary N) is 1. The molecule has 12 nitrogen and oxygen atoms in total. The van der Waals surface area contributed by atoms with E-state index in [-0.39, 0.29) is 42.2 Å². The van der Waals surface area contributed by atoms with E-state index in [1.165, 1.54) is 11.0 Å². The molecule has 0 unspecified atom stereocenters. The van der Waals surface area contributed by atoms with Crippen LogP contribution in [0.15, 0.2) is 59.1 Å². The number of allylic oxidation sites excluding steroid dienone is 1. The number of fused-ring (bicyclic) bond motifs is 3. The van der Waals surface area contributed by atoms with Crippen molar-refractivity contribution in [2.45, 2.75) is 38.0 Å². The highest BCUT2D eigenvalue weighted by Gasteiger charge is 2.63. The molecule has 0 heterocycles. The summed E-state index contributed by atoms with van der Waals surface area (Å²) in [4.78, 5) is 52.6. The summed E-state index contributed by atoms with van der Waals surface area (Å²) < 4.78 is 4.91. The highest BCUT2D eigenvalue weighted by molar-refractivity contribution is 6.24. The van der Waals surface area contributed by atoms with Gasteiger partial charge in [-0.1, -0.05) is 30.3 Å². The van der Waals surface area contributed by atoms with Gasteiger partial charge in [-0.2, -0.15) is 0 Å². The van der Waals surface area contributed by atoms with Gasteiger partial charge in [0.25, 0.3) is 5.91 Å². The van der Waals surface area contributed by atoms with Crippen molar-refractivity contribution in [1.82, 2.24) is 10.2 Å². The zero-order chi connectivity index (χ0) is 32.1. The minimum Gasteiger partial charge on any atom is -0.510 e. The normalized spacial score (nSPS) is 24.6. The molecule has 7 N–H and O–H groups in total. The van der Waals surface area contributed by atoms with Crippen molar-refractivity contribution < 1.29 is 44.3 Å². The van der Waals surface area contributed by atoms with Crippen molar-refractivity contribution in [3.8, 4) is 16.9 Å². The molecule has 4 atom stereocenters. The van der Waals surface area contributed by atoms with Crippen molar-refractivity contribution in [3.05, 3.63) is 75.8 Å².